The topological polar surface area (TPSA) is 41.1 Å². The highest BCUT2D eigenvalue weighted by Gasteiger charge is 1.85. The zero-order valence-electron chi connectivity index (χ0n) is 5.94. The molecule has 0 heterocycles. The van der Waals surface area contributed by atoms with Crippen LogP contribution in [0.25, 0.3) is 0 Å². The Morgan fingerprint density at radius 2 is 2.11 bits per heavy atom. The fraction of sp³-hybridized carbons (Fsp3) is 1.00. The quantitative estimate of drug-likeness (QED) is 0.518. The molecule has 0 amide bonds. The molecule has 4 heteroatoms. The lowest BCUT2D eigenvalue weighted by atomic mass is 10.6. The van der Waals surface area contributed by atoms with Gasteiger partial charge in [0.05, 0.1) is 11.0 Å². The van der Waals surface area contributed by atoms with E-state index in [0.29, 0.717) is 0 Å². The van der Waals surface area contributed by atoms with E-state index in [-0.39, 0.29) is 0 Å². The smallest absolute Gasteiger partial charge is 0.0883 e. The van der Waals surface area contributed by atoms with Gasteiger partial charge >= 0.3 is 0 Å². The van der Waals surface area contributed by atoms with Crippen molar-refractivity contribution in [3.8, 4) is 0 Å². The van der Waals surface area contributed by atoms with Crippen molar-refractivity contribution in [3.05, 3.63) is 0 Å². The van der Waals surface area contributed by atoms with Gasteiger partial charge in [0.1, 0.15) is 0 Å². The molecular weight excluding hydrogens is 136 g/mol. The van der Waals surface area contributed by atoms with Crippen molar-refractivity contribution in [2.45, 2.75) is 6.92 Å². The van der Waals surface area contributed by atoms with Crippen LogP contribution in [0.15, 0.2) is 0 Å². The minimum atomic E-state index is -0.859. The molecule has 2 N–H and O–H groups in total. The molecule has 3 nitrogen and oxygen atoms in total. The Morgan fingerprint density at radius 3 is 2.56 bits per heavy atom. The van der Waals surface area contributed by atoms with Crippen molar-refractivity contribution in [2.75, 3.05) is 25.9 Å². The average molecular weight is 150 g/mol. The van der Waals surface area contributed by atoms with Crippen molar-refractivity contribution >= 4 is 11.0 Å². The number of rotatable bonds is 5. The van der Waals surface area contributed by atoms with Gasteiger partial charge in [-0.15, -0.1) is 0 Å². The summed E-state index contributed by atoms with van der Waals surface area (Å²) in [6.07, 6.45) is 1.63. The van der Waals surface area contributed by atoms with E-state index >= 15 is 0 Å². The lowest BCUT2D eigenvalue weighted by molar-refractivity contribution is 0.663. The fourth-order valence-electron chi connectivity index (χ4n) is 0.460. The monoisotopic (exact) mass is 150 g/mol. The minimum absolute atomic E-state index is 0.775. The first kappa shape index (κ1) is 9.07. The zero-order chi connectivity index (χ0) is 7.11. The molecule has 0 aliphatic rings. The normalized spacial score (nSPS) is 13.6. The highest BCUT2D eigenvalue weighted by atomic mass is 32.2. The van der Waals surface area contributed by atoms with Gasteiger partial charge in [0, 0.05) is 19.3 Å². The number of likely N-dealkylation sites (N-methyl/N-ethyl adjacent to an activating group) is 1. The van der Waals surface area contributed by atoms with Crippen LogP contribution in [0.3, 0.4) is 0 Å². The molecule has 0 aliphatic carbocycles. The van der Waals surface area contributed by atoms with Crippen LogP contribution in [0.1, 0.15) is 6.92 Å². The van der Waals surface area contributed by atoms with Gasteiger partial charge in [-0.25, -0.2) is 8.93 Å². The first-order valence-corrected chi connectivity index (χ1v) is 4.60. The van der Waals surface area contributed by atoms with Crippen LogP contribution in [-0.2, 0) is 11.0 Å². The van der Waals surface area contributed by atoms with E-state index in [1.807, 2.05) is 6.92 Å². The van der Waals surface area contributed by atoms with Crippen LogP contribution in [0.4, 0.5) is 0 Å². The Hall–Kier alpha value is 0.0700. The van der Waals surface area contributed by atoms with Gasteiger partial charge in [-0.1, -0.05) is 6.92 Å². The van der Waals surface area contributed by atoms with Crippen LogP contribution in [0, 0.1) is 0 Å². The highest BCUT2D eigenvalue weighted by Crippen LogP contribution is 1.62. The van der Waals surface area contributed by atoms with E-state index in [1.54, 1.807) is 6.26 Å². The van der Waals surface area contributed by atoms with Gasteiger partial charge in [0.25, 0.3) is 0 Å². The van der Waals surface area contributed by atoms with Crippen LogP contribution in [0.2, 0.25) is 0 Å². The summed E-state index contributed by atoms with van der Waals surface area (Å²) in [5.41, 5.74) is 0. The summed E-state index contributed by atoms with van der Waals surface area (Å²) in [5.74, 6) is 0. The summed E-state index contributed by atoms with van der Waals surface area (Å²) >= 11 is 0. The van der Waals surface area contributed by atoms with Crippen LogP contribution >= 0.6 is 0 Å². The molecule has 0 aromatic rings. The van der Waals surface area contributed by atoms with Crippen LogP contribution in [0.5, 0.6) is 0 Å². The molecule has 0 radical (unpaired) electrons. The molecule has 0 saturated carbocycles. The van der Waals surface area contributed by atoms with Crippen molar-refractivity contribution in [2.24, 2.45) is 0 Å². The number of hydrogen-bond donors (Lipinski definition) is 2. The summed E-state index contributed by atoms with van der Waals surface area (Å²) in [6, 6.07) is 0. The maximum absolute atomic E-state index is 10.4. The second-order valence-electron chi connectivity index (χ2n) is 1.70. The molecule has 0 aromatic carbocycles. The third kappa shape index (κ3) is 8.07. The Balaban J connectivity index is 2.83. The van der Waals surface area contributed by atoms with Crippen LogP contribution < -0.4 is 10.0 Å². The van der Waals surface area contributed by atoms with Crippen molar-refractivity contribution in [3.63, 3.8) is 0 Å². The summed E-state index contributed by atoms with van der Waals surface area (Å²) in [6.45, 7) is 4.67. The van der Waals surface area contributed by atoms with E-state index in [4.69, 9.17) is 0 Å². The molecule has 0 saturated heterocycles. The maximum atomic E-state index is 10.4. The molecule has 1 unspecified atom stereocenters. The molecule has 56 valence electrons. The molecule has 9 heavy (non-hydrogen) atoms. The maximum Gasteiger partial charge on any atom is 0.0883 e. The summed E-state index contributed by atoms with van der Waals surface area (Å²) in [7, 11) is -0.859. The number of nitrogens with one attached hydrogen (secondary N) is 2. The third-order valence-corrected chi connectivity index (χ3v) is 1.47. The predicted octanol–water partition coefficient (Wildman–Crippen LogP) is -0.521. The van der Waals surface area contributed by atoms with Gasteiger partial charge in [-0.05, 0) is 6.54 Å². The van der Waals surface area contributed by atoms with E-state index in [9.17, 15) is 4.21 Å². The van der Waals surface area contributed by atoms with E-state index in [1.165, 1.54) is 0 Å². The van der Waals surface area contributed by atoms with E-state index in [2.05, 4.69) is 10.0 Å². The Kier molecular flexibility index (Phi) is 6.24. The van der Waals surface area contributed by atoms with Crippen molar-refractivity contribution in [1.82, 2.24) is 10.0 Å². The first-order chi connectivity index (χ1) is 4.27. The molecular formula is C5H14N2OS. The van der Waals surface area contributed by atoms with E-state index < -0.39 is 11.0 Å². The molecule has 0 bridgehead atoms. The fourth-order valence-corrected chi connectivity index (χ4v) is 0.849. The Bertz CT molecular complexity index is 87.0. The molecule has 1 atom stereocenters. The Morgan fingerprint density at radius 1 is 1.44 bits per heavy atom. The lowest BCUT2D eigenvalue weighted by Gasteiger charge is -1.99. The summed E-state index contributed by atoms with van der Waals surface area (Å²) < 4.78 is 13.2. The largest absolute Gasteiger partial charge is 0.316 e. The number of hydrogen-bond acceptors (Lipinski definition) is 2. The van der Waals surface area contributed by atoms with E-state index in [0.717, 1.165) is 19.6 Å². The van der Waals surface area contributed by atoms with Crippen molar-refractivity contribution < 1.29 is 4.21 Å². The van der Waals surface area contributed by atoms with Gasteiger partial charge in [-0.2, -0.15) is 0 Å². The average Bonchev–Trinajstić information content (AvgIpc) is 1.80. The predicted molar refractivity (Wildman–Crippen MR) is 40.6 cm³/mol. The molecule has 0 aromatic heterocycles. The van der Waals surface area contributed by atoms with Gasteiger partial charge in [0.2, 0.25) is 0 Å². The molecule has 0 rings (SSSR count). The highest BCUT2D eigenvalue weighted by molar-refractivity contribution is 7.82. The summed E-state index contributed by atoms with van der Waals surface area (Å²) in [4.78, 5) is 0. The standard InChI is InChI=1S/C5H14N2OS/c1-3-6-4-5-7-9(2)8/h6-7H,3-5H2,1-2H3. The van der Waals surface area contributed by atoms with Gasteiger partial charge < -0.3 is 5.32 Å². The Labute approximate surface area is 58.8 Å². The van der Waals surface area contributed by atoms with Crippen LogP contribution in [-0.4, -0.2) is 30.1 Å². The zero-order valence-corrected chi connectivity index (χ0v) is 6.75. The molecule has 0 fully saturated rings. The SMILES string of the molecule is CCNCCNS(C)=O. The first-order valence-electron chi connectivity index (χ1n) is 3.05. The summed E-state index contributed by atoms with van der Waals surface area (Å²) in [5, 5.41) is 3.11. The third-order valence-electron chi connectivity index (χ3n) is 0.857. The second kappa shape index (κ2) is 6.19. The molecule has 0 aliphatic heterocycles. The second-order valence-corrected chi connectivity index (χ2v) is 2.90. The molecule has 0 spiro atoms. The lowest BCUT2D eigenvalue weighted by Crippen LogP contribution is -2.27. The van der Waals surface area contributed by atoms with Crippen molar-refractivity contribution in [1.29, 1.82) is 0 Å². The van der Waals surface area contributed by atoms with Gasteiger partial charge in [0.15, 0.2) is 0 Å². The minimum Gasteiger partial charge on any atom is -0.316 e. The van der Waals surface area contributed by atoms with Gasteiger partial charge in [-0.3, -0.25) is 0 Å².